The molecule has 1 fully saturated rings. The lowest BCUT2D eigenvalue weighted by atomic mass is 9.96. The number of carbonyl (C=O) groups excluding carboxylic acids is 1. The Morgan fingerprint density at radius 1 is 1.26 bits per heavy atom. The van der Waals surface area contributed by atoms with Gasteiger partial charge in [0.1, 0.15) is 17.7 Å². The second-order valence-electron chi connectivity index (χ2n) is 9.46. The van der Waals surface area contributed by atoms with E-state index in [1.807, 2.05) is 6.92 Å². The smallest absolute Gasteiger partial charge is 0.295 e. The van der Waals surface area contributed by atoms with Crippen LogP contribution in [0.4, 0.5) is 4.39 Å². The number of amides is 1. The zero-order chi connectivity index (χ0) is 24.6. The van der Waals surface area contributed by atoms with E-state index in [0.29, 0.717) is 56.3 Å². The summed E-state index contributed by atoms with van der Waals surface area (Å²) in [5, 5.41) is 22.1. The van der Waals surface area contributed by atoms with Crippen LogP contribution in [0.1, 0.15) is 74.4 Å². The molecule has 1 unspecified atom stereocenters. The maximum absolute atomic E-state index is 13.9. The summed E-state index contributed by atoms with van der Waals surface area (Å²) >= 11 is 0. The van der Waals surface area contributed by atoms with Crippen LogP contribution in [0, 0.1) is 5.82 Å². The second kappa shape index (κ2) is 9.50. The first-order valence-electron chi connectivity index (χ1n) is 12.2. The number of aromatic nitrogens is 1. The van der Waals surface area contributed by atoms with E-state index in [0.717, 1.165) is 18.4 Å². The summed E-state index contributed by atoms with van der Waals surface area (Å²) in [5.74, 6) is -0.768. The number of carbonyl (C=O) groups is 1. The van der Waals surface area contributed by atoms with Crippen LogP contribution in [-0.4, -0.2) is 44.1 Å². The molecule has 2 N–H and O–H groups in total. The summed E-state index contributed by atoms with van der Waals surface area (Å²) in [5.41, 5.74) is 1.01. The molecule has 2 aromatic rings. The van der Waals surface area contributed by atoms with Crippen LogP contribution in [0.15, 0.2) is 29.2 Å². The van der Waals surface area contributed by atoms with Crippen molar-refractivity contribution in [1.82, 2.24) is 14.4 Å². The van der Waals surface area contributed by atoms with Gasteiger partial charge in [-0.2, -0.15) is 0 Å². The number of aliphatic hydroxyl groups is 1. The maximum Gasteiger partial charge on any atom is 0.295 e. The van der Waals surface area contributed by atoms with Crippen molar-refractivity contribution < 1.29 is 19.4 Å². The highest BCUT2D eigenvalue weighted by Gasteiger charge is 2.44. The van der Waals surface area contributed by atoms with Gasteiger partial charge >= 0.3 is 0 Å². The monoisotopic (exact) mass is 471 g/mol. The van der Waals surface area contributed by atoms with E-state index in [-0.39, 0.29) is 17.3 Å². The summed E-state index contributed by atoms with van der Waals surface area (Å²) in [4.78, 5) is 29.4. The Kier molecular flexibility index (Phi) is 6.82. The molecule has 2 aliphatic rings. The Balaban J connectivity index is 1.69. The largest absolute Gasteiger partial charge is 0.503 e. The lowest BCUT2D eigenvalue weighted by molar-refractivity contribution is -0.139. The zero-order valence-electron chi connectivity index (χ0n) is 20.2. The van der Waals surface area contributed by atoms with E-state index in [4.69, 9.17) is 0 Å². The number of halogens is 1. The first-order valence-corrected chi connectivity index (χ1v) is 12.2. The fourth-order valence-corrected chi connectivity index (χ4v) is 5.58. The van der Waals surface area contributed by atoms with Crippen molar-refractivity contribution in [2.24, 2.45) is 0 Å². The van der Waals surface area contributed by atoms with Crippen LogP contribution < -0.4 is 5.56 Å². The molecule has 1 atom stereocenters. The lowest BCUT2D eigenvalue weighted by Crippen LogP contribution is -2.53. The van der Waals surface area contributed by atoms with Gasteiger partial charge in [-0.25, -0.2) is 4.39 Å². The number of nitrogens with zero attached hydrogens (tertiary/aromatic N) is 3. The molecule has 1 aromatic heterocycles. The summed E-state index contributed by atoms with van der Waals surface area (Å²) < 4.78 is 15.4. The molecular weight excluding hydrogens is 437 g/mol. The van der Waals surface area contributed by atoms with Crippen LogP contribution in [0.2, 0.25) is 0 Å². The van der Waals surface area contributed by atoms with Crippen LogP contribution in [0.25, 0.3) is 0 Å². The van der Waals surface area contributed by atoms with E-state index in [9.17, 15) is 24.2 Å². The van der Waals surface area contributed by atoms with Crippen molar-refractivity contribution in [3.05, 3.63) is 62.8 Å². The number of aliphatic hydroxyl groups excluding tert-OH is 1. The lowest BCUT2D eigenvalue weighted by Gasteiger charge is -2.42. The molecular formula is C26H34FN3O4. The molecule has 184 valence electrons. The van der Waals surface area contributed by atoms with Gasteiger partial charge in [0, 0.05) is 38.3 Å². The number of rotatable bonds is 6. The molecule has 0 spiro atoms. The highest BCUT2D eigenvalue weighted by molar-refractivity contribution is 5.76. The van der Waals surface area contributed by atoms with Crippen LogP contribution in [0.3, 0.4) is 0 Å². The van der Waals surface area contributed by atoms with Crippen molar-refractivity contribution in [2.45, 2.75) is 77.2 Å². The average molecular weight is 472 g/mol. The number of pyridine rings is 1. The third-order valence-corrected chi connectivity index (χ3v) is 7.61. The number of aromatic hydroxyl groups is 1. The van der Waals surface area contributed by atoms with Gasteiger partial charge in [0.05, 0.1) is 0 Å². The van der Waals surface area contributed by atoms with Crippen molar-refractivity contribution in [3.8, 4) is 5.75 Å². The number of hydrogen-bond donors (Lipinski definition) is 2. The second-order valence-corrected chi connectivity index (χ2v) is 9.46. The van der Waals surface area contributed by atoms with Crippen molar-refractivity contribution in [2.75, 3.05) is 13.6 Å². The maximum atomic E-state index is 13.9. The topological polar surface area (TPSA) is 86.0 Å². The molecule has 1 aliphatic heterocycles. The molecule has 2 heterocycles. The van der Waals surface area contributed by atoms with Crippen LogP contribution in [0.5, 0.6) is 5.75 Å². The normalized spacial score (nSPS) is 19.7. The van der Waals surface area contributed by atoms with E-state index < -0.39 is 23.2 Å². The molecule has 1 aliphatic carbocycles. The highest BCUT2D eigenvalue weighted by atomic mass is 19.1. The number of hydrogen-bond acceptors (Lipinski definition) is 5. The molecule has 0 saturated heterocycles. The fourth-order valence-electron chi connectivity index (χ4n) is 5.58. The number of benzene rings is 1. The van der Waals surface area contributed by atoms with Gasteiger partial charge in [0.25, 0.3) is 5.56 Å². The Morgan fingerprint density at radius 2 is 1.97 bits per heavy atom. The zero-order valence-corrected chi connectivity index (χ0v) is 20.2. The summed E-state index contributed by atoms with van der Waals surface area (Å²) in [7, 11) is 1.73. The Hall–Kier alpha value is -2.71. The van der Waals surface area contributed by atoms with E-state index in [1.165, 1.54) is 10.6 Å². The van der Waals surface area contributed by atoms with Crippen LogP contribution >= 0.6 is 0 Å². The molecule has 0 radical (unpaired) electrons. The van der Waals surface area contributed by atoms with Crippen LogP contribution in [-0.2, 0) is 29.8 Å². The number of fused-ring (bicyclic) bond motifs is 1. The SMILES string of the molecule is CCC(=O)N(C)C1(n2cc3c(c(O)c2=O)C(O)N(Cc2ccc(F)c(CC)c2)CC3)CCCC1. The van der Waals surface area contributed by atoms with Crippen molar-refractivity contribution >= 4 is 5.91 Å². The van der Waals surface area contributed by atoms with Gasteiger partial charge in [0.2, 0.25) is 5.91 Å². The van der Waals surface area contributed by atoms with Crippen molar-refractivity contribution in [3.63, 3.8) is 0 Å². The molecule has 34 heavy (non-hydrogen) atoms. The molecule has 1 amide bonds. The highest BCUT2D eigenvalue weighted by Crippen LogP contribution is 2.41. The summed E-state index contributed by atoms with van der Waals surface area (Å²) in [6.45, 7) is 4.57. The summed E-state index contributed by atoms with van der Waals surface area (Å²) in [6, 6.07) is 4.92. The van der Waals surface area contributed by atoms with Gasteiger partial charge in [-0.15, -0.1) is 0 Å². The molecule has 1 aromatic carbocycles. The average Bonchev–Trinajstić information content (AvgIpc) is 3.33. The standard InChI is InChI=1S/C26H34FN3O4/c1-4-18-14-17(8-9-20(18)27)15-29-13-10-19-16-30(25(34)23(32)22(19)24(29)33)26(11-6-7-12-26)28(3)21(31)5-2/h8-9,14,16,24,32-33H,4-7,10-13,15H2,1-3H3. The third-order valence-electron chi connectivity index (χ3n) is 7.61. The van der Waals surface area contributed by atoms with Gasteiger partial charge in [-0.1, -0.05) is 26.0 Å². The third kappa shape index (κ3) is 4.03. The minimum absolute atomic E-state index is 0.0528. The first kappa shape index (κ1) is 24.4. The molecule has 0 bridgehead atoms. The fraction of sp³-hybridized carbons (Fsp3) is 0.538. The minimum Gasteiger partial charge on any atom is -0.503 e. The quantitative estimate of drug-likeness (QED) is 0.675. The molecule has 4 rings (SSSR count). The molecule has 8 heteroatoms. The predicted octanol–water partition coefficient (Wildman–Crippen LogP) is 3.40. The Morgan fingerprint density at radius 3 is 2.62 bits per heavy atom. The van der Waals surface area contributed by atoms with Crippen molar-refractivity contribution in [1.29, 1.82) is 0 Å². The Labute approximate surface area is 199 Å². The van der Waals surface area contributed by atoms with E-state index in [2.05, 4.69) is 0 Å². The van der Waals surface area contributed by atoms with E-state index >= 15 is 0 Å². The van der Waals surface area contributed by atoms with Gasteiger partial charge < -0.3 is 15.1 Å². The minimum atomic E-state index is -1.16. The van der Waals surface area contributed by atoms with Gasteiger partial charge in [-0.3, -0.25) is 19.1 Å². The van der Waals surface area contributed by atoms with E-state index in [1.54, 1.807) is 42.1 Å². The predicted molar refractivity (Wildman–Crippen MR) is 127 cm³/mol. The summed E-state index contributed by atoms with van der Waals surface area (Å²) in [6.07, 6.45) is 5.08. The molecule has 1 saturated carbocycles. The Bertz CT molecular complexity index is 1140. The first-order chi connectivity index (χ1) is 16.2. The van der Waals surface area contributed by atoms with Gasteiger partial charge in [-0.05, 0) is 61.3 Å². The number of aryl methyl sites for hydroxylation is 1. The van der Waals surface area contributed by atoms with Gasteiger partial charge in [0.15, 0.2) is 5.75 Å². The molecule has 7 nitrogen and oxygen atoms in total.